The van der Waals surface area contributed by atoms with Crippen molar-refractivity contribution in [2.75, 3.05) is 24.6 Å². The number of ether oxygens (including phenoxy) is 1. The molecule has 4 aromatic rings. The van der Waals surface area contributed by atoms with E-state index in [1.54, 1.807) is 36.4 Å². The molecule has 1 aliphatic heterocycles. The number of nitrogens with one attached hydrogen (secondary N) is 1. The number of hydrogen-bond donors (Lipinski definition) is 2. The average molecular weight is 645 g/mol. The number of carboxylic acids is 1. The van der Waals surface area contributed by atoms with Crippen LogP contribution in [0.15, 0.2) is 60.8 Å². The Morgan fingerprint density at radius 1 is 1.13 bits per heavy atom. The summed E-state index contributed by atoms with van der Waals surface area (Å²) in [6.45, 7) is -1.10. The Bertz CT molecular complexity index is 1820. The van der Waals surface area contributed by atoms with Gasteiger partial charge in [-0.05, 0) is 35.9 Å². The number of carbonyl (C=O) groups excluding carboxylic acids is 1. The molecule has 0 radical (unpaired) electrons. The topological polar surface area (TPSA) is 116 Å². The van der Waals surface area contributed by atoms with Crippen LogP contribution in [-0.4, -0.2) is 60.0 Å². The van der Waals surface area contributed by atoms with E-state index in [1.807, 2.05) is 6.07 Å². The third-order valence-corrected chi connectivity index (χ3v) is 7.64. The molecule has 2 N–H and O–H groups in total. The van der Waals surface area contributed by atoms with Crippen molar-refractivity contribution in [3.63, 3.8) is 0 Å². The third kappa shape index (κ3) is 6.67. The first-order chi connectivity index (χ1) is 21.4. The van der Waals surface area contributed by atoms with Crippen molar-refractivity contribution in [3.05, 3.63) is 94.1 Å². The number of rotatable bonds is 7. The van der Waals surface area contributed by atoms with Crippen LogP contribution < -0.4 is 10.2 Å². The fourth-order valence-corrected chi connectivity index (χ4v) is 5.40. The summed E-state index contributed by atoms with van der Waals surface area (Å²) >= 11 is 6.41. The summed E-state index contributed by atoms with van der Waals surface area (Å²) in [5.74, 6) is -5.59. The third-order valence-electron chi connectivity index (χ3n) is 7.33. The predicted octanol–water partition coefficient (Wildman–Crippen LogP) is 5.90. The van der Waals surface area contributed by atoms with Crippen molar-refractivity contribution in [1.29, 1.82) is 5.26 Å². The summed E-state index contributed by atoms with van der Waals surface area (Å²) in [7, 11) is 0. The Hall–Kier alpha value is -4.80. The molecular formula is C31H22ClF5N4O4. The van der Waals surface area contributed by atoms with E-state index in [4.69, 9.17) is 21.6 Å². The molecule has 1 aliphatic rings. The first-order valence-electron chi connectivity index (χ1n) is 13.4. The molecule has 2 atom stereocenters. The largest absolute Gasteiger partial charge is 0.480 e. The molecule has 0 saturated carbocycles. The molecule has 3 aromatic carbocycles. The van der Waals surface area contributed by atoms with Crippen molar-refractivity contribution >= 4 is 40.1 Å². The van der Waals surface area contributed by atoms with Gasteiger partial charge < -0.3 is 20.1 Å². The minimum Gasteiger partial charge on any atom is -0.480 e. The molecule has 232 valence electrons. The number of aromatic nitrogens is 1. The lowest BCUT2D eigenvalue weighted by molar-refractivity contribution is -0.221. The van der Waals surface area contributed by atoms with Crippen LogP contribution in [0.25, 0.3) is 22.0 Å². The van der Waals surface area contributed by atoms with E-state index in [0.29, 0.717) is 38.2 Å². The molecule has 0 spiro atoms. The lowest BCUT2D eigenvalue weighted by atomic mass is 9.94. The predicted molar refractivity (Wildman–Crippen MR) is 154 cm³/mol. The summed E-state index contributed by atoms with van der Waals surface area (Å²) in [4.78, 5) is 30.6. The van der Waals surface area contributed by atoms with Crippen LogP contribution in [0.5, 0.6) is 0 Å². The van der Waals surface area contributed by atoms with Gasteiger partial charge in [0, 0.05) is 46.4 Å². The highest BCUT2D eigenvalue weighted by Gasteiger charge is 2.43. The number of nitriles is 1. The number of alkyl halides is 3. The van der Waals surface area contributed by atoms with Crippen molar-refractivity contribution in [3.8, 4) is 17.2 Å². The van der Waals surface area contributed by atoms with E-state index >= 15 is 8.78 Å². The zero-order valence-corrected chi connectivity index (χ0v) is 23.8. The van der Waals surface area contributed by atoms with Gasteiger partial charge in [-0.2, -0.15) is 18.4 Å². The quantitative estimate of drug-likeness (QED) is 0.241. The fraction of sp³-hybridized carbons (Fsp3) is 0.226. The molecule has 45 heavy (non-hydrogen) atoms. The van der Waals surface area contributed by atoms with Gasteiger partial charge in [0.05, 0.1) is 30.3 Å². The van der Waals surface area contributed by atoms with Gasteiger partial charge in [0.2, 0.25) is 0 Å². The van der Waals surface area contributed by atoms with Crippen LogP contribution in [0.1, 0.15) is 21.5 Å². The van der Waals surface area contributed by atoms with E-state index < -0.39 is 53.9 Å². The van der Waals surface area contributed by atoms with Crippen molar-refractivity contribution < 1.29 is 41.4 Å². The zero-order valence-electron chi connectivity index (χ0n) is 23.0. The number of pyridine rings is 1. The summed E-state index contributed by atoms with van der Waals surface area (Å²) in [5.41, 5.74) is 1.14. The first kappa shape index (κ1) is 31.6. The highest BCUT2D eigenvalue weighted by molar-refractivity contribution is 6.33. The van der Waals surface area contributed by atoms with Gasteiger partial charge in [0.25, 0.3) is 5.91 Å². The number of aliphatic carboxylic acids is 1. The van der Waals surface area contributed by atoms with Crippen LogP contribution in [0, 0.1) is 23.0 Å². The zero-order chi connectivity index (χ0) is 32.5. The number of amides is 1. The average Bonchev–Trinajstić information content (AvgIpc) is 3.00. The number of nitrogens with zero attached hydrogens (tertiary/aromatic N) is 3. The van der Waals surface area contributed by atoms with Crippen LogP contribution >= 0.6 is 11.6 Å². The number of carboxylic acid groups (broad SMARTS) is 1. The first-order valence-corrected chi connectivity index (χ1v) is 13.8. The number of morpholine rings is 1. The number of hydrogen-bond acceptors (Lipinski definition) is 6. The van der Waals surface area contributed by atoms with Gasteiger partial charge in [-0.1, -0.05) is 35.9 Å². The smallest absolute Gasteiger partial charge is 0.416 e. The Balaban J connectivity index is 1.40. The maximum Gasteiger partial charge on any atom is 0.416 e. The van der Waals surface area contributed by atoms with Gasteiger partial charge in [-0.15, -0.1) is 0 Å². The molecule has 1 fully saturated rings. The van der Waals surface area contributed by atoms with Crippen LogP contribution in [0.3, 0.4) is 0 Å². The number of anilines is 1. The minimum absolute atomic E-state index is 0.0723. The van der Waals surface area contributed by atoms with Crippen molar-refractivity contribution in [2.45, 2.75) is 24.7 Å². The fourth-order valence-electron chi connectivity index (χ4n) is 5.12. The Labute approximate surface area is 257 Å². The van der Waals surface area contributed by atoms with Gasteiger partial charge in [0.15, 0.2) is 6.10 Å². The lowest BCUT2D eigenvalue weighted by Gasteiger charge is -2.35. The van der Waals surface area contributed by atoms with Gasteiger partial charge in [-0.25, -0.2) is 13.6 Å². The van der Waals surface area contributed by atoms with Crippen LogP contribution in [-0.2, 0) is 16.0 Å². The second-order valence-corrected chi connectivity index (χ2v) is 10.6. The molecule has 2 unspecified atom stereocenters. The maximum atomic E-state index is 15.1. The van der Waals surface area contributed by atoms with E-state index in [9.17, 15) is 27.9 Å². The standard InChI is InChI=1S/C31H22ClF5N4O4/c32-22-10-16(14-38)3-5-20(22)21-6-4-17(19-2-1-7-39-28(19)21)11-25(30(43)44)40-29(42)27-23(33)12-18(13-24(27)34)41-8-9-45-26(15-41)31(35,36)37/h1-7,10,12-13,25-26H,8-9,11,15H2,(H,40,42)(H,43,44). The van der Waals surface area contributed by atoms with Gasteiger partial charge in [-0.3, -0.25) is 9.78 Å². The molecule has 0 bridgehead atoms. The van der Waals surface area contributed by atoms with Crippen LogP contribution in [0.4, 0.5) is 27.6 Å². The monoisotopic (exact) mass is 644 g/mol. The maximum absolute atomic E-state index is 15.1. The molecule has 2 heterocycles. The molecular weight excluding hydrogens is 623 g/mol. The SMILES string of the molecule is N#Cc1ccc(-c2ccc(CC(NC(=O)c3c(F)cc(N4CCOC(C(F)(F)F)C4)cc3F)C(=O)O)c3cccnc23)c(Cl)c1. The van der Waals surface area contributed by atoms with E-state index in [1.165, 1.54) is 12.3 Å². The highest BCUT2D eigenvalue weighted by atomic mass is 35.5. The molecule has 1 saturated heterocycles. The number of halogens is 6. The van der Waals surface area contributed by atoms with Gasteiger partial charge >= 0.3 is 12.1 Å². The minimum atomic E-state index is -4.68. The summed E-state index contributed by atoms with van der Waals surface area (Å²) in [6, 6.07) is 13.1. The Morgan fingerprint density at radius 2 is 1.84 bits per heavy atom. The van der Waals surface area contributed by atoms with Crippen molar-refractivity contribution in [2.24, 2.45) is 0 Å². The summed E-state index contributed by atoms with van der Waals surface area (Å²) in [5, 5.41) is 22.0. The molecule has 1 amide bonds. The van der Waals surface area contributed by atoms with E-state index in [0.717, 1.165) is 17.0 Å². The molecule has 8 nitrogen and oxygen atoms in total. The van der Waals surface area contributed by atoms with E-state index in [2.05, 4.69) is 10.3 Å². The summed E-state index contributed by atoms with van der Waals surface area (Å²) < 4.78 is 74.1. The Morgan fingerprint density at radius 3 is 2.49 bits per heavy atom. The molecule has 14 heteroatoms. The second-order valence-electron chi connectivity index (χ2n) is 10.2. The molecule has 5 rings (SSSR count). The molecule has 1 aromatic heterocycles. The second kappa shape index (κ2) is 12.7. The van der Waals surface area contributed by atoms with Crippen LogP contribution in [0.2, 0.25) is 5.02 Å². The van der Waals surface area contributed by atoms with Crippen molar-refractivity contribution in [1.82, 2.24) is 10.3 Å². The summed E-state index contributed by atoms with van der Waals surface area (Å²) in [6.07, 6.45) is -5.60. The normalized spacial score (nSPS) is 15.8. The number of fused-ring (bicyclic) bond motifs is 1. The number of benzene rings is 3. The molecule has 0 aliphatic carbocycles. The number of carbonyl (C=O) groups is 2. The van der Waals surface area contributed by atoms with E-state index in [-0.39, 0.29) is 25.3 Å². The highest BCUT2D eigenvalue weighted by Crippen LogP contribution is 2.35. The Kier molecular flexibility index (Phi) is 8.90. The lowest BCUT2D eigenvalue weighted by Crippen LogP contribution is -2.49. The van der Waals surface area contributed by atoms with Gasteiger partial charge in [0.1, 0.15) is 23.2 Å².